The van der Waals surface area contributed by atoms with Crippen LogP contribution < -0.4 is 4.74 Å². The van der Waals surface area contributed by atoms with Gasteiger partial charge in [0, 0.05) is 39.0 Å². The van der Waals surface area contributed by atoms with Crippen LogP contribution in [0.4, 0.5) is 0 Å². The van der Waals surface area contributed by atoms with Gasteiger partial charge in [-0.15, -0.1) is 0 Å². The summed E-state index contributed by atoms with van der Waals surface area (Å²) < 4.78 is 28.6. The summed E-state index contributed by atoms with van der Waals surface area (Å²) in [5, 5.41) is -0.963. The van der Waals surface area contributed by atoms with E-state index in [2.05, 4.69) is 4.90 Å². The molecular formula is C16H24N2O4S. The first-order chi connectivity index (χ1) is 10.9. The second-order valence-electron chi connectivity index (χ2n) is 5.80. The smallest absolute Gasteiger partial charge is 0.240 e. The van der Waals surface area contributed by atoms with Crippen molar-refractivity contribution in [2.75, 3.05) is 45.6 Å². The SMILES string of the molecule is CC(C(=O)N1CCN(CCOc2ccccc2)CC1)S(C)(=O)=O. The maximum atomic E-state index is 12.2. The van der Waals surface area contributed by atoms with E-state index < -0.39 is 15.1 Å². The standard InChI is InChI=1S/C16H24N2O4S/c1-14(23(2,20)21)16(19)18-10-8-17(9-11-18)12-13-22-15-6-4-3-5-7-15/h3-7,14H,8-13H2,1-2H3. The highest BCUT2D eigenvalue weighted by Gasteiger charge is 2.30. The van der Waals surface area contributed by atoms with Gasteiger partial charge in [-0.05, 0) is 19.1 Å². The van der Waals surface area contributed by atoms with E-state index in [0.717, 1.165) is 31.6 Å². The van der Waals surface area contributed by atoms with Crippen LogP contribution in [0.1, 0.15) is 6.92 Å². The lowest BCUT2D eigenvalue weighted by Gasteiger charge is -2.35. The van der Waals surface area contributed by atoms with Gasteiger partial charge in [0.2, 0.25) is 5.91 Å². The molecule has 23 heavy (non-hydrogen) atoms. The van der Waals surface area contributed by atoms with Crippen LogP contribution in [0.25, 0.3) is 0 Å². The van der Waals surface area contributed by atoms with Crippen molar-refractivity contribution in [3.05, 3.63) is 30.3 Å². The summed E-state index contributed by atoms with van der Waals surface area (Å²) in [5.41, 5.74) is 0. The van der Waals surface area contributed by atoms with Crippen molar-refractivity contribution in [3.63, 3.8) is 0 Å². The van der Waals surface area contributed by atoms with Gasteiger partial charge in [-0.1, -0.05) is 18.2 Å². The molecule has 1 aliphatic rings. The molecule has 1 aromatic carbocycles. The summed E-state index contributed by atoms with van der Waals surface area (Å²) in [6.07, 6.45) is 1.10. The summed E-state index contributed by atoms with van der Waals surface area (Å²) in [6.45, 7) is 5.43. The lowest BCUT2D eigenvalue weighted by molar-refractivity contribution is -0.132. The number of benzene rings is 1. The molecule has 0 bridgehead atoms. The number of piperazine rings is 1. The molecule has 0 aliphatic carbocycles. The predicted molar refractivity (Wildman–Crippen MR) is 89.3 cm³/mol. The quantitative estimate of drug-likeness (QED) is 0.760. The summed E-state index contributed by atoms with van der Waals surface area (Å²) in [4.78, 5) is 16.0. The van der Waals surface area contributed by atoms with Gasteiger partial charge in [0.25, 0.3) is 0 Å². The minimum atomic E-state index is -3.33. The maximum Gasteiger partial charge on any atom is 0.240 e. The number of rotatable bonds is 6. The predicted octanol–water partition coefficient (Wildman–Crippen LogP) is 0.643. The van der Waals surface area contributed by atoms with Crippen LogP contribution in [0.3, 0.4) is 0 Å². The summed E-state index contributed by atoms with van der Waals surface area (Å²) in [5.74, 6) is 0.552. The highest BCUT2D eigenvalue weighted by molar-refractivity contribution is 7.92. The third-order valence-electron chi connectivity index (χ3n) is 4.09. The van der Waals surface area contributed by atoms with Crippen LogP contribution in [0.15, 0.2) is 30.3 Å². The van der Waals surface area contributed by atoms with Crippen LogP contribution >= 0.6 is 0 Å². The van der Waals surface area contributed by atoms with Gasteiger partial charge in [0.15, 0.2) is 9.84 Å². The zero-order valence-corrected chi connectivity index (χ0v) is 14.5. The van der Waals surface area contributed by atoms with Crippen LogP contribution in [-0.2, 0) is 14.6 Å². The third kappa shape index (κ3) is 5.21. The first kappa shape index (κ1) is 17.7. The van der Waals surface area contributed by atoms with Crippen molar-refractivity contribution in [2.45, 2.75) is 12.2 Å². The molecule has 0 N–H and O–H groups in total. The molecule has 0 spiro atoms. The first-order valence-corrected chi connectivity index (χ1v) is 9.71. The molecule has 1 unspecified atom stereocenters. The van der Waals surface area contributed by atoms with Crippen LogP contribution in [-0.4, -0.2) is 75.0 Å². The number of carbonyl (C=O) groups is 1. The highest BCUT2D eigenvalue weighted by atomic mass is 32.2. The molecule has 1 aliphatic heterocycles. The molecule has 7 heteroatoms. The van der Waals surface area contributed by atoms with Crippen molar-refractivity contribution in [2.24, 2.45) is 0 Å². The molecule has 0 saturated carbocycles. The van der Waals surface area contributed by atoms with Crippen molar-refractivity contribution in [1.82, 2.24) is 9.80 Å². The van der Waals surface area contributed by atoms with Crippen LogP contribution in [0, 0.1) is 0 Å². The van der Waals surface area contributed by atoms with Crippen LogP contribution in [0.5, 0.6) is 5.75 Å². The second kappa shape index (κ2) is 7.79. The fourth-order valence-corrected chi connectivity index (χ4v) is 2.96. The van der Waals surface area contributed by atoms with Gasteiger partial charge in [0.1, 0.15) is 17.6 Å². The average molecular weight is 340 g/mol. The summed E-state index contributed by atoms with van der Waals surface area (Å²) >= 11 is 0. The van der Waals surface area contributed by atoms with E-state index in [1.165, 1.54) is 6.92 Å². The Morgan fingerprint density at radius 2 is 1.78 bits per heavy atom. The molecule has 128 valence electrons. The molecule has 1 heterocycles. The number of sulfone groups is 1. The lowest BCUT2D eigenvalue weighted by Crippen LogP contribution is -2.52. The fourth-order valence-electron chi connectivity index (χ4n) is 2.44. The molecule has 6 nitrogen and oxygen atoms in total. The van der Waals surface area contributed by atoms with E-state index in [0.29, 0.717) is 19.7 Å². The summed E-state index contributed by atoms with van der Waals surface area (Å²) in [7, 11) is -3.33. The molecule has 1 amide bonds. The number of nitrogens with zero attached hydrogens (tertiary/aromatic N) is 2. The molecule has 0 radical (unpaired) electrons. The summed E-state index contributed by atoms with van der Waals surface area (Å²) in [6, 6.07) is 9.65. The number of amides is 1. The Morgan fingerprint density at radius 1 is 1.17 bits per heavy atom. The lowest BCUT2D eigenvalue weighted by atomic mass is 10.3. The van der Waals surface area contributed by atoms with Crippen molar-refractivity contribution >= 4 is 15.7 Å². The number of ether oxygens (including phenoxy) is 1. The molecule has 1 aromatic rings. The Balaban J connectivity index is 1.73. The zero-order valence-electron chi connectivity index (χ0n) is 13.6. The molecule has 1 atom stereocenters. The molecule has 2 rings (SSSR count). The van der Waals surface area contributed by atoms with Gasteiger partial charge >= 0.3 is 0 Å². The fraction of sp³-hybridized carbons (Fsp3) is 0.562. The zero-order chi connectivity index (χ0) is 16.9. The van der Waals surface area contributed by atoms with Gasteiger partial charge in [-0.25, -0.2) is 8.42 Å². The molecular weight excluding hydrogens is 316 g/mol. The van der Waals surface area contributed by atoms with Crippen molar-refractivity contribution in [3.8, 4) is 5.75 Å². The van der Waals surface area contributed by atoms with E-state index in [-0.39, 0.29) is 5.91 Å². The molecule has 0 aromatic heterocycles. The Bertz CT molecular complexity index is 610. The minimum absolute atomic E-state index is 0.298. The van der Waals surface area contributed by atoms with E-state index >= 15 is 0 Å². The van der Waals surface area contributed by atoms with E-state index in [9.17, 15) is 13.2 Å². The van der Waals surface area contributed by atoms with E-state index in [1.54, 1.807) is 4.90 Å². The van der Waals surface area contributed by atoms with E-state index in [4.69, 9.17) is 4.74 Å². The topological polar surface area (TPSA) is 66.9 Å². The van der Waals surface area contributed by atoms with Crippen LogP contribution in [0.2, 0.25) is 0 Å². The van der Waals surface area contributed by atoms with Gasteiger partial charge in [-0.3, -0.25) is 9.69 Å². The Hall–Kier alpha value is -1.60. The highest BCUT2D eigenvalue weighted by Crippen LogP contribution is 2.10. The largest absolute Gasteiger partial charge is 0.492 e. The Kier molecular flexibility index (Phi) is 6.01. The Morgan fingerprint density at radius 3 is 2.35 bits per heavy atom. The van der Waals surface area contributed by atoms with E-state index in [1.807, 2.05) is 30.3 Å². The van der Waals surface area contributed by atoms with Crippen molar-refractivity contribution < 1.29 is 17.9 Å². The number of hydrogen-bond donors (Lipinski definition) is 0. The average Bonchev–Trinajstić information content (AvgIpc) is 2.54. The molecule has 1 fully saturated rings. The van der Waals surface area contributed by atoms with Gasteiger partial charge in [0.05, 0.1) is 0 Å². The number of para-hydroxylation sites is 1. The van der Waals surface area contributed by atoms with Crippen molar-refractivity contribution in [1.29, 1.82) is 0 Å². The third-order valence-corrected chi connectivity index (χ3v) is 5.58. The van der Waals surface area contributed by atoms with Gasteiger partial charge in [-0.2, -0.15) is 0 Å². The number of carbonyl (C=O) groups excluding carboxylic acids is 1. The first-order valence-electron chi connectivity index (χ1n) is 7.76. The molecule has 1 saturated heterocycles. The second-order valence-corrected chi connectivity index (χ2v) is 8.17. The number of hydrogen-bond acceptors (Lipinski definition) is 5. The minimum Gasteiger partial charge on any atom is -0.492 e. The Labute approximate surface area is 137 Å². The van der Waals surface area contributed by atoms with Gasteiger partial charge < -0.3 is 9.64 Å². The maximum absolute atomic E-state index is 12.2. The normalized spacial score (nSPS) is 17.7. The monoisotopic (exact) mass is 340 g/mol.